The molecule has 0 aromatic carbocycles. The summed E-state index contributed by atoms with van der Waals surface area (Å²) in [5.74, 6) is -0.377. The SMILES string of the molecule is CC(C)(C)OC(=O)NC(=O)C1CCC(=O)CN1. The fourth-order valence-electron chi connectivity index (χ4n) is 1.45. The van der Waals surface area contributed by atoms with Gasteiger partial charge in [-0.2, -0.15) is 0 Å². The highest BCUT2D eigenvalue weighted by atomic mass is 16.6. The maximum atomic E-state index is 11.6. The molecule has 2 amide bonds. The van der Waals surface area contributed by atoms with Crippen LogP contribution < -0.4 is 10.6 Å². The molecule has 0 aromatic rings. The highest BCUT2D eigenvalue weighted by molar-refractivity contribution is 5.96. The molecule has 0 saturated carbocycles. The van der Waals surface area contributed by atoms with E-state index in [4.69, 9.17) is 4.74 Å². The fourth-order valence-corrected chi connectivity index (χ4v) is 1.45. The monoisotopic (exact) mass is 242 g/mol. The summed E-state index contributed by atoms with van der Waals surface area (Å²) < 4.78 is 4.95. The van der Waals surface area contributed by atoms with E-state index in [0.29, 0.717) is 12.8 Å². The van der Waals surface area contributed by atoms with Crippen LogP contribution in [0.3, 0.4) is 0 Å². The van der Waals surface area contributed by atoms with Crippen molar-refractivity contribution in [2.45, 2.75) is 45.3 Å². The molecule has 17 heavy (non-hydrogen) atoms. The van der Waals surface area contributed by atoms with Gasteiger partial charge in [0.1, 0.15) is 11.4 Å². The number of ketones is 1. The van der Waals surface area contributed by atoms with Gasteiger partial charge in [0.05, 0.1) is 12.6 Å². The van der Waals surface area contributed by atoms with E-state index in [1.807, 2.05) is 0 Å². The minimum Gasteiger partial charge on any atom is -0.444 e. The van der Waals surface area contributed by atoms with Gasteiger partial charge in [-0.3, -0.25) is 20.2 Å². The van der Waals surface area contributed by atoms with Gasteiger partial charge < -0.3 is 4.74 Å². The lowest BCUT2D eigenvalue weighted by Crippen LogP contribution is -2.51. The Morgan fingerprint density at radius 2 is 2.06 bits per heavy atom. The lowest BCUT2D eigenvalue weighted by molar-refractivity contribution is -0.125. The summed E-state index contributed by atoms with van der Waals surface area (Å²) in [6.45, 7) is 5.32. The van der Waals surface area contributed by atoms with Crippen molar-refractivity contribution in [3.63, 3.8) is 0 Å². The minimum absolute atomic E-state index is 0.0753. The van der Waals surface area contributed by atoms with Crippen molar-refractivity contribution in [1.82, 2.24) is 10.6 Å². The molecule has 0 bridgehead atoms. The predicted molar refractivity (Wildman–Crippen MR) is 60.4 cm³/mol. The highest BCUT2D eigenvalue weighted by Gasteiger charge is 2.26. The Balaban J connectivity index is 2.39. The third-order valence-electron chi connectivity index (χ3n) is 2.20. The third-order valence-corrected chi connectivity index (χ3v) is 2.20. The molecule has 0 aromatic heterocycles. The lowest BCUT2D eigenvalue weighted by atomic mass is 10.0. The van der Waals surface area contributed by atoms with Gasteiger partial charge in [-0.1, -0.05) is 0 Å². The van der Waals surface area contributed by atoms with Crippen molar-refractivity contribution in [2.75, 3.05) is 6.54 Å². The Kier molecular flexibility index (Phi) is 4.22. The minimum atomic E-state index is -0.763. The first-order valence-corrected chi connectivity index (χ1v) is 5.57. The number of imide groups is 1. The van der Waals surface area contributed by atoms with Gasteiger partial charge in [-0.05, 0) is 27.2 Å². The number of carbonyl (C=O) groups excluding carboxylic acids is 3. The van der Waals surface area contributed by atoms with Gasteiger partial charge in [0.2, 0.25) is 5.91 Å². The number of piperidine rings is 1. The average molecular weight is 242 g/mol. The maximum Gasteiger partial charge on any atom is 0.414 e. The van der Waals surface area contributed by atoms with Gasteiger partial charge in [0, 0.05) is 6.42 Å². The molecule has 1 heterocycles. The smallest absolute Gasteiger partial charge is 0.414 e. The van der Waals surface area contributed by atoms with Crippen LogP contribution >= 0.6 is 0 Å². The number of rotatable bonds is 1. The van der Waals surface area contributed by atoms with E-state index in [9.17, 15) is 14.4 Å². The Morgan fingerprint density at radius 3 is 2.53 bits per heavy atom. The number of ether oxygens (including phenoxy) is 1. The maximum absolute atomic E-state index is 11.6. The molecule has 6 heteroatoms. The van der Waals surface area contributed by atoms with E-state index in [2.05, 4.69) is 10.6 Å². The van der Waals surface area contributed by atoms with Crippen molar-refractivity contribution in [3.05, 3.63) is 0 Å². The second-order valence-electron chi connectivity index (χ2n) is 5.00. The van der Waals surface area contributed by atoms with E-state index < -0.39 is 23.6 Å². The summed E-state index contributed by atoms with van der Waals surface area (Å²) in [5.41, 5.74) is -0.639. The van der Waals surface area contributed by atoms with E-state index in [1.54, 1.807) is 20.8 Å². The number of nitrogens with one attached hydrogen (secondary N) is 2. The van der Waals surface area contributed by atoms with Crippen LogP contribution in [0.25, 0.3) is 0 Å². The molecule has 1 aliphatic rings. The normalized spacial score (nSPS) is 20.9. The van der Waals surface area contributed by atoms with Gasteiger partial charge in [-0.25, -0.2) is 4.79 Å². The van der Waals surface area contributed by atoms with Gasteiger partial charge in [-0.15, -0.1) is 0 Å². The Labute approximate surface area is 100 Å². The molecule has 2 N–H and O–H groups in total. The van der Waals surface area contributed by atoms with E-state index in [-0.39, 0.29) is 12.3 Å². The molecule has 0 aliphatic carbocycles. The fraction of sp³-hybridized carbons (Fsp3) is 0.727. The van der Waals surface area contributed by atoms with Crippen LogP contribution in [0.15, 0.2) is 0 Å². The molecule has 1 aliphatic heterocycles. The molecule has 6 nitrogen and oxygen atoms in total. The van der Waals surface area contributed by atoms with Crippen molar-refractivity contribution in [1.29, 1.82) is 0 Å². The largest absolute Gasteiger partial charge is 0.444 e. The van der Waals surface area contributed by atoms with Crippen LogP contribution in [-0.2, 0) is 14.3 Å². The van der Waals surface area contributed by atoms with Gasteiger partial charge in [0.15, 0.2) is 0 Å². The summed E-state index contributed by atoms with van der Waals surface area (Å²) in [4.78, 5) is 33.9. The van der Waals surface area contributed by atoms with Crippen LogP contribution in [0.4, 0.5) is 4.79 Å². The van der Waals surface area contributed by atoms with E-state index >= 15 is 0 Å². The zero-order valence-electron chi connectivity index (χ0n) is 10.3. The molecule has 0 spiro atoms. The van der Waals surface area contributed by atoms with Crippen LogP contribution in [-0.4, -0.2) is 36.0 Å². The second kappa shape index (κ2) is 5.27. The third kappa shape index (κ3) is 4.95. The lowest BCUT2D eigenvalue weighted by Gasteiger charge is -2.23. The van der Waals surface area contributed by atoms with Crippen LogP contribution in [0.1, 0.15) is 33.6 Å². The van der Waals surface area contributed by atoms with Crippen molar-refractivity contribution in [3.8, 4) is 0 Å². The summed E-state index contributed by atoms with van der Waals surface area (Å²) in [6.07, 6.45) is 0.00793. The molecular weight excluding hydrogens is 224 g/mol. The number of carbonyl (C=O) groups is 3. The number of alkyl carbamates (subject to hydrolysis) is 1. The summed E-state index contributed by atoms with van der Waals surface area (Å²) in [6, 6.07) is -0.500. The van der Waals surface area contributed by atoms with Gasteiger partial charge in [0.25, 0.3) is 0 Å². The quantitative estimate of drug-likeness (QED) is 0.693. The first-order valence-electron chi connectivity index (χ1n) is 5.57. The predicted octanol–water partition coefficient (Wildman–Crippen LogP) is 0.359. The molecule has 1 atom stereocenters. The Hall–Kier alpha value is -1.43. The highest BCUT2D eigenvalue weighted by Crippen LogP contribution is 2.08. The van der Waals surface area contributed by atoms with Crippen LogP contribution in [0, 0.1) is 0 Å². The number of hydrogen-bond acceptors (Lipinski definition) is 5. The first kappa shape index (κ1) is 13.6. The first-order chi connectivity index (χ1) is 7.78. The zero-order valence-corrected chi connectivity index (χ0v) is 10.3. The number of hydrogen-bond donors (Lipinski definition) is 2. The molecule has 1 rings (SSSR count). The standard InChI is InChI=1S/C11H18N2O4/c1-11(2,3)17-10(16)13-9(15)8-5-4-7(14)6-12-8/h8,12H,4-6H2,1-3H3,(H,13,15,16). The summed E-state index contributed by atoms with van der Waals surface area (Å²) >= 11 is 0. The molecule has 1 fully saturated rings. The van der Waals surface area contributed by atoms with Gasteiger partial charge >= 0.3 is 6.09 Å². The van der Waals surface area contributed by atoms with E-state index in [1.165, 1.54) is 0 Å². The summed E-state index contributed by atoms with van der Waals surface area (Å²) in [5, 5.41) is 4.91. The van der Waals surface area contributed by atoms with E-state index in [0.717, 1.165) is 0 Å². The molecule has 1 saturated heterocycles. The number of amides is 2. The molecular formula is C11H18N2O4. The number of Topliss-reactive ketones (excluding diaryl/α,β-unsaturated/α-hetero) is 1. The average Bonchev–Trinajstić information content (AvgIpc) is 2.15. The second-order valence-corrected chi connectivity index (χ2v) is 5.00. The van der Waals surface area contributed by atoms with Crippen LogP contribution in [0.2, 0.25) is 0 Å². The Morgan fingerprint density at radius 1 is 1.41 bits per heavy atom. The molecule has 96 valence electrons. The summed E-state index contributed by atoms with van der Waals surface area (Å²) in [7, 11) is 0. The Bertz CT molecular complexity index is 323. The molecule has 1 unspecified atom stereocenters. The molecule has 0 radical (unpaired) electrons. The van der Waals surface area contributed by atoms with Crippen molar-refractivity contribution >= 4 is 17.8 Å². The zero-order chi connectivity index (χ0) is 13.1. The van der Waals surface area contributed by atoms with Crippen molar-refractivity contribution < 1.29 is 19.1 Å². The topological polar surface area (TPSA) is 84.5 Å². The van der Waals surface area contributed by atoms with Crippen molar-refractivity contribution in [2.24, 2.45) is 0 Å². The van der Waals surface area contributed by atoms with Crippen LogP contribution in [0.5, 0.6) is 0 Å².